The molecule has 2 aliphatic rings. The second-order valence-electron chi connectivity index (χ2n) is 11.0. The number of rotatable bonds is 12. The van der Waals surface area contributed by atoms with Gasteiger partial charge in [-0.25, -0.2) is 0 Å². The van der Waals surface area contributed by atoms with Crippen LogP contribution in [0.25, 0.3) is 0 Å². The molecule has 0 aromatic heterocycles. The highest BCUT2D eigenvalue weighted by atomic mass is 16.7. The maximum absolute atomic E-state index is 6.80. The lowest BCUT2D eigenvalue weighted by Crippen LogP contribution is -2.65. The predicted molar refractivity (Wildman–Crippen MR) is 161 cm³/mol. The Labute approximate surface area is 248 Å². The van der Waals surface area contributed by atoms with Gasteiger partial charge in [-0.2, -0.15) is 5.06 Å². The Morgan fingerprint density at radius 1 is 0.500 bits per heavy atom. The van der Waals surface area contributed by atoms with Crippen molar-refractivity contribution < 1.29 is 23.8 Å². The van der Waals surface area contributed by atoms with E-state index in [9.17, 15) is 0 Å². The van der Waals surface area contributed by atoms with Crippen molar-refractivity contribution in [2.45, 2.75) is 56.9 Å². The zero-order valence-corrected chi connectivity index (χ0v) is 24.0. The highest BCUT2D eigenvalue weighted by Crippen LogP contribution is 2.41. The average Bonchev–Trinajstić information content (AvgIpc) is 3.44. The molecule has 6 heteroatoms. The molecule has 218 valence electrons. The third kappa shape index (κ3) is 6.98. The first-order valence-corrected chi connectivity index (χ1v) is 14.7. The van der Waals surface area contributed by atoms with E-state index >= 15 is 0 Å². The molecule has 6 rings (SSSR count). The standard InChI is InChI=1S/C36H39NO5/c1-37-32-31(26-42-37)33(38-22-27-14-6-2-7-15-27)35(40-24-29-18-10-4-11-19-29)36(41-25-30-20-12-5-13-21-30)34(32)39-23-28-16-8-3-9-17-28/h2-21,31-36H,22-26H2,1H3/t31-,32+,33+,34+,35-,36-/m1/s1. The lowest BCUT2D eigenvalue weighted by Gasteiger charge is -2.48. The van der Waals surface area contributed by atoms with Gasteiger partial charge in [0, 0.05) is 13.0 Å². The molecule has 0 unspecified atom stereocenters. The van der Waals surface area contributed by atoms with E-state index in [-0.39, 0.29) is 30.3 Å². The molecule has 1 aliphatic heterocycles. The van der Waals surface area contributed by atoms with Gasteiger partial charge in [-0.3, -0.25) is 4.84 Å². The first-order chi connectivity index (χ1) is 20.8. The van der Waals surface area contributed by atoms with Crippen molar-refractivity contribution in [3.63, 3.8) is 0 Å². The monoisotopic (exact) mass is 565 g/mol. The number of hydrogen-bond donors (Lipinski definition) is 0. The molecule has 0 radical (unpaired) electrons. The largest absolute Gasteiger partial charge is 0.370 e. The molecule has 0 amide bonds. The minimum Gasteiger partial charge on any atom is -0.370 e. The van der Waals surface area contributed by atoms with Crippen molar-refractivity contribution in [2.75, 3.05) is 13.7 Å². The van der Waals surface area contributed by atoms with Crippen LogP contribution in [0.5, 0.6) is 0 Å². The van der Waals surface area contributed by atoms with E-state index < -0.39 is 6.10 Å². The number of ether oxygens (including phenoxy) is 4. The second kappa shape index (κ2) is 14.2. The van der Waals surface area contributed by atoms with Crippen molar-refractivity contribution in [1.82, 2.24) is 5.06 Å². The summed E-state index contributed by atoms with van der Waals surface area (Å²) in [6.45, 7) is 2.36. The Hall–Kier alpha value is -3.36. The summed E-state index contributed by atoms with van der Waals surface area (Å²) in [7, 11) is 1.98. The summed E-state index contributed by atoms with van der Waals surface area (Å²) in [5.74, 6) is 0.0387. The van der Waals surface area contributed by atoms with Crippen LogP contribution in [0.1, 0.15) is 22.3 Å². The van der Waals surface area contributed by atoms with Crippen LogP contribution in [-0.2, 0) is 50.2 Å². The van der Waals surface area contributed by atoms with E-state index in [1.54, 1.807) is 0 Å². The van der Waals surface area contributed by atoms with Crippen LogP contribution in [0.2, 0.25) is 0 Å². The van der Waals surface area contributed by atoms with E-state index in [1.165, 1.54) is 0 Å². The van der Waals surface area contributed by atoms with Gasteiger partial charge in [-0.1, -0.05) is 121 Å². The Bertz CT molecular complexity index is 1340. The zero-order chi connectivity index (χ0) is 28.6. The minimum atomic E-state index is -0.399. The lowest BCUT2D eigenvalue weighted by atomic mass is 9.77. The summed E-state index contributed by atoms with van der Waals surface area (Å²) in [5.41, 5.74) is 4.43. The summed E-state index contributed by atoms with van der Waals surface area (Å²) in [6.07, 6.45) is -1.34. The second-order valence-corrected chi connectivity index (χ2v) is 11.0. The van der Waals surface area contributed by atoms with Gasteiger partial charge in [0.1, 0.15) is 18.3 Å². The van der Waals surface area contributed by atoms with Crippen LogP contribution in [0.3, 0.4) is 0 Å². The molecule has 0 bridgehead atoms. The maximum Gasteiger partial charge on any atom is 0.114 e. The molecule has 0 N–H and O–H groups in total. The smallest absolute Gasteiger partial charge is 0.114 e. The van der Waals surface area contributed by atoms with Crippen molar-refractivity contribution >= 4 is 0 Å². The first kappa shape index (κ1) is 28.7. The van der Waals surface area contributed by atoms with E-state index in [0.717, 1.165) is 22.3 Å². The molecule has 1 saturated heterocycles. The van der Waals surface area contributed by atoms with E-state index in [0.29, 0.717) is 33.0 Å². The molecule has 6 atom stereocenters. The Morgan fingerprint density at radius 2 is 0.833 bits per heavy atom. The third-order valence-electron chi connectivity index (χ3n) is 8.20. The number of nitrogens with zero attached hydrogens (tertiary/aromatic N) is 1. The third-order valence-corrected chi connectivity index (χ3v) is 8.20. The maximum atomic E-state index is 6.80. The Balaban J connectivity index is 1.32. The van der Waals surface area contributed by atoms with Crippen LogP contribution in [0, 0.1) is 5.92 Å². The van der Waals surface area contributed by atoms with Gasteiger partial charge in [0.2, 0.25) is 0 Å². The lowest BCUT2D eigenvalue weighted by molar-refractivity contribution is -0.247. The van der Waals surface area contributed by atoms with Crippen molar-refractivity contribution in [2.24, 2.45) is 5.92 Å². The minimum absolute atomic E-state index is 0.0387. The molecule has 1 aliphatic carbocycles. The van der Waals surface area contributed by atoms with Crippen LogP contribution >= 0.6 is 0 Å². The normalized spacial score (nSPS) is 25.7. The number of hydroxylamine groups is 2. The highest BCUT2D eigenvalue weighted by molar-refractivity contribution is 5.17. The fraction of sp³-hybridized carbons (Fsp3) is 0.333. The summed E-state index contributed by atoms with van der Waals surface area (Å²) in [6, 6.07) is 41.0. The van der Waals surface area contributed by atoms with Crippen LogP contribution in [0.4, 0.5) is 0 Å². The van der Waals surface area contributed by atoms with Gasteiger partial charge in [-0.15, -0.1) is 0 Å². The fourth-order valence-corrected chi connectivity index (χ4v) is 6.07. The molecule has 6 nitrogen and oxygen atoms in total. The van der Waals surface area contributed by atoms with E-state index in [1.807, 2.05) is 84.9 Å². The average molecular weight is 566 g/mol. The van der Waals surface area contributed by atoms with Crippen LogP contribution in [0.15, 0.2) is 121 Å². The molecule has 0 spiro atoms. The van der Waals surface area contributed by atoms with Gasteiger partial charge < -0.3 is 18.9 Å². The van der Waals surface area contributed by atoms with Gasteiger partial charge in [0.15, 0.2) is 0 Å². The van der Waals surface area contributed by atoms with E-state index in [2.05, 4.69) is 48.5 Å². The van der Waals surface area contributed by atoms with Crippen LogP contribution < -0.4 is 0 Å². The summed E-state index contributed by atoms with van der Waals surface area (Å²) in [4.78, 5) is 6.15. The molecular weight excluding hydrogens is 526 g/mol. The zero-order valence-electron chi connectivity index (χ0n) is 24.0. The van der Waals surface area contributed by atoms with Crippen molar-refractivity contribution in [3.8, 4) is 0 Å². The molecule has 1 heterocycles. The van der Waals surface area contributed by atoms with Gasteiger partial charge in [0.05, 0.1) is 45.2 Å². The van der Waals surface area contributed by atoms with Gasteiger partial charge in [-0.05, 0) is 22.3 Å². The quantitative estimate of drug-likeness (QED) is 0.204. The van der Waals surface area contributed by atoms with Crippen molar-refractivity contribution in [3.05, 3.63) is 144 Å². The molecule has 4 aromatic rings. The molecule has 1 saturated carbocycles. The van der Waals surface area contributed by atoms with Gasteiger partial charge >= 0.3 is 0 Å². The highest BCUT2D eigenvalue weighted by Gasteiger charge is 2.57. The van der Waals surface area contributed by atoms with Crippen LogP contribution in [-0.4, -0.2) is 49.2 Å². The molecule has 2 fully saturated rings. The topological polar surface area (TPSA) is 49.4 Å². The van der Waals surface area contributed by atoms with Gasteiger partial charge in [0.25, 0.3) is 0 Å². The number of fused-ring (bicyclic) bond motifs is 1. The number of hydrogen-bond acceptors (Lipinski definition) is 6. The fourth-order valence-electron chi connectivity index (χ4n) is 6.07. The Morgan fingerprint density at radius 3 is 1.24 bits per heavy atom. The van der Waals surface area contributed by atoms with E-state index in [4.69, 9.17) is 23.8 Å². The SMILES string of the molecule is CN1OC[C@H]2[C@H](OCc3ccccc3)[C@@H](OCc3ccccc3)[C@H](OCc3ccccc3)[C@@H](OCc3ccccc3)[C@H]21. The Kier molecular flexibility index (Phi) is 9.72. The summed E-state index contributed by atoms with van der Waals surface area (Å²) in [5, 5.41) is 1.94. The number of likely N-dealkylation sites (N-methyl/N-ethyl adjacent to an activating group) is 1. The van der Waals surface area contributed by atoms with Crippen molar-refractivity contribution in [1.29, 1.82) is 0 Å². The predicted octanol–water partition coefficient (Wildman–Crippen LogP) is 6.20. The molecule has 4 aromatic carbocycles. The number of benzene rings is 4. The summed E-state index contributed by atoms with van der Waals surface area (Å²) >= 11 is 0. The first-order valence-electron chi connectivity index (χ1n) is 14.7. The summed E-state index contributed by atoms with van der Waals surface area (Å²) < 4.78 is 27.1. The molecular formula is C36H39NO5. The molecule has 42 heavy (non-hydrogen) atoms.